The first-order chi connectivity index (χ1) is 6.62. The van der Waals surface area contributed by atoms with Gasteiger partial charge in [-0.15, -0.1) is 0 Å². The van der Waals surface area contributed by atoms with Crippen molar-refractivity contribution < 1.29 is 8.42 Å². The quantitative estimate of drug-likeness (QED) is 0.631. The Morgan fingerprint density at radius 2 is 2.00 bits per heavy atom. The highest BCUT2D eigenvalue weighted by atomic mass is 32.2. The van der Waals surface area contributed by atoms with Gasteiger partial charge in [0.1, 0.15) is 6.54 Å². The average molecular weight is 217 g/mol. The van der Waals surface area contributed by atoms with Crippen LogP contribution in [0, 0.1) is 11.3 Å². The van der Waals surface area contributed by atoms with E-state index in [0.717, 1.165) is 12.8 Å². The Bertz CT molecular complexity index is 314. The molecular weight excluding hydrogens is 202 g/mol. The van der Waals surface area contributed by atoms with E-state index in [0.29, 0.717) is 19.6 Å². The third-order valence-corrected chi connectivity index (χ3v) is 4.37. The summed E-state index contributed by atoms with van der Waals surface area (Å²) in [6.07, 6.45) is 1.84. The number of hydrogen-bond acceptors (Lipinski definition) is 3. The molecule has 0 atom stereocenters. The SMILES string of the molecule is CCN(CC#N)S(=O)(=O)N1CCCC1. The predicted octanol–water partition coefficient (Wildman–Crippen LogP) is 0.172. The molecule has 0 aliphatic carbocycles. The molecule has 5 nitrogen and oxygen atoms in total. The molecule has 1 aliphatic rings. The van der Waals surface area contributed by atoms with Gasteiger partial charge in [-0.2, -0.15) is 22.3 Å². The largest absolute Gasteiger partial charge is 0.282 e. The fourth-order valence-electron chi connectivity index (χ4n) is 1.52. The normalized spacial score (nSPS) is 18.6. The minimum Gasteiger partial charge on any atom is -0.197 e. The summed E-state index contributed by atoms with van der Waals surface area (Å²) in [5.74, 6) is 0. The van der Waals surface area contributed by atoms with Crippen LogP contribution in [0.4, 0.5) is 0 Å². The van der Waals surface area contributed by atoms with Crippen LogP contribution in [-0.4, -0.2) is 43.2 Å². The van der Waals surface area contributed by atoms with Crippen LogP contribution in [0.15, 0.2) is 0 Å². The molecule has 1 heterocycles. The van der Waals surface area contributed by atoms with Crippen molar-refractivity contribution >= 4 is 10.2 Å². The molecule has 0 spiro atoms. The molecule has 0 N–H and O–H groups in total. The van der Waals surface area contributed by atoms with Crippen molar-refractivity contribution in [2.45, 2.75) is 19.8 Å². The van der Waals surface area contributed by atoms with Crippen LogP contribution >= 0.6 is 0 Å². The number of nitriles is 1. The first-order valence-corrected chi connectivity index (χ1v) is 6.14. The van der Waals surface area contributed by atoms with E-state index >= 15 is 0 Å². The maximum atomic E-state index is 11.9. The summed E-state index contributed by atoms with van der Waals surface area (Å²) < 4.78 is 26.4. The molecule has 0 bridgehead atoms. The van der Waals surface area contributed by atoms with Gasteiger partial charge in [-0.25, -0.2) is 0 Å². The maximum absolute atomic E-state index is 11.9. The molecule has 1 aliphatic heterocycles. The molecule has 0 aromatic carbocycles. The van der Waals surface area contributed by atoms with Gasteiger partial charge >= 0.3 is 0 Å². The maximum Gasteiger partial charge on any atom is 0.282 e. The van der Waals surface area contributed by atoms with Crippen molar-refractivity contribution in [1.29, 1.82) is 5.26 Å². The van der Waals surface area contributed by atoms with Crippen LogP contribution in [0.5, 0.6) is 0 Å². The zero-order valence-electron chi connectivity index (χ0n) is 8.31. The third-order valence-electron chi connectivity index (χ3n) is 2.32. The fourth-order valence-corrected chi connectivity index (χ4v) is 3.11. The van der Waals surface area contributed by atoms with Gasteiger partial charge in [0.2, 0.25) is 0 Å². The summed E-state index contributed by atoms with van der Waals surface area (Å²) in [7, 11) is -3.37. The molecule has 80 valence electrons. The first-order valence-electron chi connectivity index (χ1n) is 4.75. The lowest BCUT2D eigenvalue weighted by Gasteiger charge is -2.23. The number of hydrogen-bond donors (Lipinski definition) is 0. The van der Waals surface area contributed by atoms with Crippen LogP contribution in [0.3, 0.4) is 0 Å². The molecule has 1 saturated heterocycles. The predicted molar refractivity (Wildman–Crippen MR) is 52.6 cm³/mol. The molecule has 0 aromatic rings. The molecule has 0 unspecified atom stereocenters. The lowest BCUT2D eigenvalue weighted by atomic mass is 10.4. The molecule has 0 saturated carbocycles. The van der Waals surface area contributed by atoms with E-state index in [2.05, 4.69) is 0 Å². The van der Waals surface area contributed by atoms with E-state index in [1.165, 1.54) is 8.61 Å². The lowest BCUT2D eigenvalue weighted by Crippen LogP contribution is -2.42. The number of rotatable bonds is 4. The third kappa shape index (κ3) is 2.23. The fraction of sp³-hybridized carbons (Fsp3) is 0.875. The second-order valence-electron chi connectivity index (χ2n) is 3.20. The monoisotopic (exact) mass is 217 g/mol. The Balaban J connectivity index is 2.76. The van der Waals surface area contributed by atoms with E-state index in [1.807, 2.05) is 6.07 Å². The van der Waals surface area contributed by atoms with Gasteiger partial charge in [-0.05, 0) is 12.8 Å². The van der Waals surface area contributed by atoms with Gasteiger partial charge in [-0.3, -0.25) is 0 Å². The van der Waals surface area contributed by atoms with Crippen LogP contribution in [0.1, 0.15) is 19.8 Å². The zero-order valence-corrected chi connectivity index (χ0v) is 9.13. The second kappa shape index (κ2) is 4.73. The molecule has 0 aromatic heterocycles. The van der Waals surface area contributed by atoms with Crippen LogP contribution < -0.4 is 0 Å². The smallest absolute Gasteiger partial charge is 0.197 e. The molecule has 14 heavy (non-hydrogen) atoms. The summed E-state index contributed by atoms with van der Waals surface area (Å²) in [6.45, 7) is 3.21. The minimum absolute atomic E-state index is 0.0602. The molecular formula is C8H15N3O2S. The van der Waals surface area contributed by atoms with Gasteiger partial charge in [0.15, 0.2) is 0 Å². The van der Waals surface area contributed by atoms with Crippen molar-refractivity contribution in [2.24, 2.45) is 0 Å². The van der Waals surface area contributed by atoms with Gasteiger partial charge in [0, 0.05) is 19.6 Å². The molecule has 1 fully saturated rings. The Morgan fingerprint density at radius 3 is 2.43 bits per heavy atom. The first kappa shape index (κ1) is 11.4. The Hall–Kier alpha value is -0.640. The van der Waals surface area contributed by atoms with E-state index in [9.17, 15) is 8.42 Å². The summed E-state index contributed by atoms with van der Waals surface area (Å²) >= 11 is 0. The highest BCUT2D eigenvalue weighted by molar-refractivity contribution is 7.86. The zero-order chi connectivity index (χ0) is 10.6. The standard InChI is InChI=1S/C8H15N3O2S/c1-2-10(8-5-9)14(12,13)11-6-3-4-7-11/h2-4,6-8H2,1H3. The average Bonchev–Trinajstić information content (AvgIpc) is 2.66. The topological polar surface area (TPSA) is 64.4 Å². The summed E-state index contributed by atoms with van der Waals surface area (Å²) in [5.41, 5.74) is 0. The van der Waals surface area contributed by atoms with E-state index < -0.39 is 10.2 Å². The highest BCUT2D eigenvalue weighted by Crippen LogP contribution is 2.15. The van der Waals surface area contributed by atoms with Crippen molar-refractivity contribution in [3.05, 3.63) is 0 Å². The van der Waals surface area contributed by atoms with Crippen molar-refractivity contribution in [1.82, 2.24) is 8.61 Å². The molecule has 1 rings (SSSR count). The summed E-state index contributed by atoms with van der Waals surface area (Å²) in [5, 5.41) is 8.50. The Labute approximate surface area is 85.1 Å². The van der Waals surface area contributed by atoms with Crippen molar-refractivity contribution in [3.8, 4) is 6.07 Å². The highest BCUT2D eigenvalue weighted by Gasteiger charge is 2.30. The lowest BCUT2D eigenvalue weighted by molar-refractivity contribution is 0.389. The van der Waals surface area contributed by atoms with Gasteiger partial charge in [-0.1, -0.05) is 6.92 Å². The Morgan fingerprint density at radius 1 is 1.43 bits per heavy atom. The minimum atomic E-state index is -3.37. The summed E-state index contributed by atoms with van der Waals surface area (Å²) in [6, 6.07) is 1.87. The van der Waals surface area contributed by atoms with Crippen LogP contribution in [0.2, 0.25) is 0 Å². The number of nitrogens with zero attached hydrogens (tertiary/aromatic N) is 3. The summed E-state index contributed by atoms with van der Waals surface area (Å²) in [4.78, 5) is 0. The molecule has 6 heteroatoms. The van der Waals surface area contributed by atoms with Crippen molar-refractivity contribution in [2.75, 3.05) is 26.2 Å². The van der Waals surface area contributed by atoms with E-state index in [-0.39, 0.29) is 6.54 Å². The van der Waals surface area contributed by atoms with Crippen LogP contribution in [-0.2, 0) is 10.2 Å². The van der Waals surface area contributed by atoms with Gasteiger partial charge in [0.05, 0.1) is 6.07 Å². The van der Waals surface area contributed by atoms with Crippen LogP contribution in [0.25, 0.3) is 0 Å². The molecule has 0 radical (unpaired) electrons. The van der Waals surface area contributed by atoms with Gasteiger partial charge in [0.25, 0.3) is 10.2 Å². The van der Waals surface area contributed by atoms with E-state index in [4.69, 9.17) is 5.26 Å². The van der Waals surface area contributed by atoms with Crippen molar-refractivity contribution in [3.63, 3.8) is 0 Å². The van der Waals surface area contributed by atoms with E-state index in [1.54, 1.807) is 6.92 Å². The van der Waals surface area contributed by atoms with Gasteiger partial charge < -0.3 is 0 Å². The second-order valence-corrected chi connectivity index (χ2v) is 5.13. The Kier molecular flexibility index (Phi) is 3.86. The molecule has 0 amide bonds.